The van der Waals surface area contributed by atoms with Crippen molar-refractivity contribution in [3.8, 4) is 11.6 Å². The molecule has 0 amide bonds. The second-order valence-electron chi connectivity index (χ2n) is 6.25. The highest BCUT2D eigenvalue weighted by Gasteiger charge is 2.23. The molecule has 0 aliphatic rings. The quantitative estimate of drug-likeness (QED) is 0.840. The molecule has 1 N–H and O–H groups in total. The zero-order valence-electron chi connectivity index (χ0n) is 14.0. The Hall–Kier alpha value is -2.25. The fraction of sp³-hybridized carbons (Fsp3) is 0.294. The van der Waals surface area contributed by atoms with Gasteiger partial charge in [0, 0.05) is 23.2 Å². The highest BCUT2D eigenvalue weighted by atomic mass is 32.2. The number of aromatic nitrogens is 1. The minimum atomic E-state index is -3.48. The molecule has 128 valence electrons. The topological polar surface area (TPSA) is 85.4 Å². The van der Waals surface area contributed by atoms with E-state index in [0.717, 1.165) is 0 Å². The van der Waals surface area contributed by atoms with E-state index < -0.39 is 15.4 Å². The summed E-state index contributed by atoms with van der Waals surface area (Å²) in [5, 5.41) is 0. The number of nitrogens with one attached hydrogen (secondary N) is 1. The molecule has 1 aromatic carbocycles. The van der Waals surface area contributed by atoms with Crippen LogP contribution >= 0.6 is 0 Å². The summed E-state index contributed by atoms with van der Waals surface area (Å²) in [6, 6.07) is 9.24. The van der Waals surface area contributed by atoms with Crippen molar-refractivity contribution in [3.05, 3.63) is 48.2 Å². The Morgan fingerprint density at radius 2 is 1.71 bits per heavy atom. The average Bonchev–Trinajstić information content (AvgIpc) is 2.54. The second-order valence-corrected chi connectivity index (χ2v) is 8.13. The van der Waals surface area contributed by atoms with Crippen molar-refractivity contribution in [1.29, 1.82) is 0 Å². The number of hydrogen-bond donors (Lipinski definition) is 1. The van der Waals surface area contributed by atoms with E-state index in [1.165, 1.54) is 25.4 Å². The molecule has 0 bridgehead atoms. The van der Waals surface area contributed by atoms with Crippen LogP contribution in [-0.2, 0) is 10.0 Å². The third-order valence-electron chi connectivity index (χ3n) is 3.30. The number of ether oxygens (including phenoxy) is 1. The summed E-state index contributed by atoms with van der Waals surface area (Å²) in [6.07, 6.45) is 1.47. The van der Waals surface area contributed by atoms with Crippen LogP contribution in [0.15, 0.2) is 47.5 Å². The molecule has 2 rings (SSSR count). The van der Waals surface area contributed by atoms with E-state index in [9.17, 15) is 13.2 Å². The first kappa shape index (κ1) is 18.1. The maximum atomic E-state index is 12.2. The van der Waals surface area contributed by atoms with Crippen LogP contribution in [0.25, 0.3) is 0 Å². The van der Waals surface area contributed by atoms with E-state index in [1.807, 2.05) is 20.8 Å². The lowest BCUT2D eigenvalue weighted by Gasteiger charge is -2.16. The first-order valence-corrected chi connectivity index (χ1v) is 8.84. The van der Waals surface area contributed by atoms with Gasteiger partial charge in [0.05, 0.1) is 4.90 Å². The number of Topliss-reactive ketones (excluding diaryl/α,β-unsaturated/α-hetero) is 1. The normalized spacial score (nSPS) is 12.0. The zero-order chi connectivity index (χ0) is 18.0. The number of pyridine rings is 1. The highest BCUT2D eigenvalue weighted by Crippen LogP contribution is 2.24. The predicted molar refractivity (Wildman–Crippen MR) is 90.8 cm³/mol. The molecule has 0 saturated carbocycles. The van der Waals surface area contributed by atoms with Crippen LogP contribution in [0, 0.1) is 5.41 Å². The van der Waals surface area contributed by atoms with Gasteiger partial charge in [-0.2, -0.15) is 0 Å². The molecule has 2 aromatic rings. The van der Waals surface area contributed by atoms with Gasteiger partial charge in [0.15, 0.2) is 5.78 Å². The van der Waals surface area contributed by atoms with Gasteiger partial charge >= 0.3 is 0 Å². The molecule has 0 aliphatic heterocycles. The van der Waals surface area contributed by atoms with Gasteiger partial charge in [0.1, 0.15) is 5.75 Å². The Morgan fingerprint density at radius 3 is 2.17 bits per heavy atom. The average molecular weight is 348 g/mol. The molecule has 1 aromatic heterocycles. The number of hydrogen-bond acceptors (Lipinski definition) is 5. The molecule has 0 fully saturated rings. The Bertz CT molecular complexity index is 820. The van der Waals surface area contributed by atoms with Gasteiger partial charge in [-0.3, -0.25) is 4.79 Å². The minimum Gasteiger partial charge on any atom is -0.439 e. The van der Waals surface area contributed by atoms with Gasteiger partial charge < -0.3 is 4.74 Å². The van der Waals surface area contributed by atoms with Crippen LogP contribution in [0.2, 0.25) is 0 Å². The Labute approximate surface area is 141 Å². The van der Waals surface area contributed by atoms with Crippen LogP contribution in [0.5, 0.6) is 11.6 Å². The van der Waals surface area contributed by atoms with Gasteiger partial charge in [0.25, 0.3) is 0 Å². The van der Waals surface area contributed by atoms with Gasteiger partial charge in [-0.1, -0.05) is 20.8 Å². The molecule has 0 spiro atoms. The number of ketones is 1. The Kier molecular flexibility index (Phi) is 5.05. The van der Waals surface area contributed by atoms with Crippen molar-refractivity contribution in [3.63, 3.8) is 0 Å². The first-order chi connectivity index (χ1) is 11.1. The standard InChI is InChI=1S/C17H20N2O4S/c1-17(2,3)16(20)12-5-10-15(19-11-12)23-13-6-8-14(9-7-13)24(21,22)18-4/h5-11,18H,1-4H3. The van der Waals surface area contributed by atoms with Gasteiger partial charge in [-0.05, 0) is 37.4 Å². The molecule has 0 atom stereocenters. The maximum Gasteiger partial charge on any atom is 0.240 e. The largest absolute Gasteiger partial charge is 0.439 e. The van der Waals surface area contributed by atoms with E-state index in [2.05, 4.69) is 9.71 Å². The Morgan fingerprint density at radius 1 is 1.08 bits per heavy atom. The Balaban J connectivity index is 2.13. The minimum absolute atomic E-state index is 0.00294. The number of benzene rings is 1. The SMILES string of the molecule is CNS(=O)(=O)c1ccc(Oc2ccc(C(=O)C(C)(C)C)cn2)cc1. The van der Waals surface area contributed by atoms with Crippen molar-refractivity contribution in [2.45, 2.75) is 25.7 Å². The monoisotopic (exact) mass is 348 g/mol. The number of nitrogens with zero attached hydrogens (tertiary/aromatic N) is 1. The number of carbonyl (C=O) groups is 1. The number of rotatable bonds is 5. The van der Waals surface area contributed by atoms with E-state index in [4.69, 9.17) is 4.74 Å². The fourth-order valence-electron chi connectivity index (χ4n) is 1.93. The zero-order valence-corrected chi connectivity index (χ0v) is 14.8. The first-order valence-electron chi connectivity index (χ1n) is 7.36. The lowest BCUT2D eigenvalue weighted by molar-refractivity contribution is 0.0858. The van der Waals surface area contributed by atoms with E-state index in [-0.39, 0.29) is 10.7 Å². The molecule has 24 heavy (non-hydrogen) atoms. The summed E-state index contributed by atoms with van der Waals surface area (Å²) >= 11 is 0. The smallest absolute Gasteiger partial charge is 0.240 e. The van der Waals surface area contributed by atoms with E-state index in [0.29, 0.717) is 17.2 Å². The third-order valence-corrected chi connectivity index (χ3v) is 4.74. The summed E-state index contributed by atoms with van der Waals surface area (Å²) < 4.78 is 31.1. The lowest BCUT2D eigenvalue weighted by atomic mass is 9.87. The predicted octanol–water partition coefficient (Wildman–Crippen LogP) is 3.01. The molecule has 6 nitrogen and oxygen atoms in total. The molecule has 1 heterocycles. The van der Waals surface area contributed by atoms with Crippen LogP contribution in [-0.4, -0.2) is 26.2 Å². The van der Waals surface area contributed by atoms with Gasteiger partial charge in [-0.15, -0.1) is 0 Å². The molecule has 0 radical (unpaired) electrons. The van der Waals surface area contributed by atoms with Crippen LogP contribution < -0.4 is 9.46 Å². The lowest BCUT2D eigenvalue weighted by Crippen LogP contribution is -2.20. The van der Waals surface area contributed by atoms with Gasteiger partial charge in [0.2, 0.25) is 15.9 Å². The van der Waals surface area contributed by atoms with Crippen molar-refractivity contribution in [2.75, 3.05) is 7.05 Å². The summed E-state index contributed by atoms with van der Waals surface area (Å²) in [4.78, 5) is 16.4. The molecule has 0 saturated heterocycles. The van der Waals surface area contributed by atoms with Gasteiger partial charge in [-0.25, -0.2) is 18.1 Å². The van der Waals surface area contributed by atoms with E-state index >= 15 is 0 Å². The summed E-state index contributed by atoms with van der Waals surface area (Å²) in [6.45, 7) is 5.54. The van der Waals surface area contributed by atoms with Crippen molar-refractivity contribution in [2.24, 2.45) is 5.41 Å². The summed E-state index contributed by atoms with van der Waals surface area (Å²) in [7, 11) is -2.12. The van der Waals surface area contributed by atoms with Crippen molar-refractivity contribution in [1.82, 2.24) is 9.71 Å². The maximum absolute atomic E-state index is 12.2. The molecular weight excluding hydrogens is 328 g/mol. The van der Waals surface area contributed by atoms with E-state index in [1.54, 1.807) is 24.3 Å². The second kappa shape index (κ2) is 6.70. The third kappa shape index (κ3) is 4.18. The van der Waals surface area contributed by atoms with Crippen LogP contribution in [0.3, 0.4) is 0 Å². The molecule has 0 unspecified atom stereocenters. The highest BCUT2D eigenvalue weighted by molar-refractivity contribution is 7.89. The molecule has 7 heteroatoms. The number of sulfonamides is 1. The van der Waals surface area contributed by atoms with Crippen LogP contribution in [0.1, 0.15) is 31.1 Å². The molecular formula is C17H20N2O4S. The summed E-state index contributed by atoms with van der Waals surface area (Å²) in [5.74, 6) is 0.778. The fourth-order valence-corrected chi connectivity index (χ4v) is 2.66. The molecule has 0 aliphatic carbocycles. The van der Waals surface area contributed by atoms with Crippen molar-refractivity contribution < 1.29 is 17.9 Å². The number of carbonyl (C=O) groups excluding carboxylic acids is 1. The van der Waals surface area contributed by atoms with Crippen molar-refractivity contribution >= 4 is 15.8 Å². The van der Waals surface area contributed by atoms with Crippen LogP contribution in [0.4, 0.5) is 0 Å². The summed E-state index contributed by atoms with van der Waals surface area (Å²) in [5.41, 5.74) is 0.0453.